The van der Waals surface area contributed by atoms with Gasteiger partial charge in [-0.3, -0.25) is 29.0 Å². The van der Waals surface area contributed by atoms with Crippen LogP contribution in [-0.2, 0) is 51.9 Å². The molecule has 0 saturated heterocycles. The van der Waals surface area contributed by atoms with Crippen LogP contribution in [0.4, 0.5) is 14.2 Å². The number of benzene rings is 9. The first-order valence-corrected chi connectivity index (χ1v) is 45.2. The number of rotatable bonds is 24. The molecule has 0 fully saturated rings. The maximum atomic E-state index is 13.3. The van der Waals surface area contributed by atoms with Crippen molar-refractivity contribution >= 4 is 132 Å². The first-order valence-electron chi connectivity index (χ1n) is 39.5. The predicted octanol–water partition coefficient (Wildman–Crippen LogP) is 17.5. The number of fused-ring (bicyclic) bond motifs is 5. The Morgan fingerprint density at radius 2 is 1.02 bits per heavy atom. The van der Waals surface area contributed by atoms with Crippen molar-refractivity contribution < 1.29 is 40.2 Å². The third-order valence-electron chi connectivity index (χ3n) is 21.3. The molecule has 9 aromatic carbocycles. The maximum Gasteiger partial charge on any atom is 0.291 e. The highest BCUT2D eigenvalue weighted by Gasteiger charge is 2.25. The zero-order chi connectivity index (χ0) is 86.8. The Balaban J connectivity index is 0.000000159. The van der Waals surface area contributed by atoms with Crippen molar-refractivity contribution in [2.75, 3.05) is 64.7 Å². The summed E-state index contributed by atoms with van der Waals surface area (Å²) in [7, 11) is 6.88. The Kier molecular flexibility index (Phi) is 29.9. The number of tetrazole rings is 2. The topological polar surface area (TPSA) is 312 Å². The number of ether oxygens (including phenoxy) is 4. The van der Waals surface area contributed by atoms with Crippen LogP contribution in [0.25, 0.3) is 66.3 Å². The van der Waals surface area contributed by atoms with Crippen LogP contribution >= 0.6 is 77.3 Å². The zero-order valence-corrected chi connectivity index (χ0v) is 75.3. The fourth-order valence-electron chi connectivity index (χ4n) is 14.3. The molecule has 0 atom stereocenters. The molecule has 634 valence electrons. The lowest BCUT2D eigenvalue weighted by molar-refractivity contribution is 0.0996. The molecular formula is C91H86FI2N17O10S3. The van der Waals surface area contributed by atoms with Crippen LogP contribution in [0.1, 0.15) is 76.7 Å². The molecule has 2 aliphatic heterocycles. The van der Waals surface area contributed by atoms with Crippen molar-refractivity contribution in [2.24, 2.45) is 0 Å². The summed E-state index contributed by atoms with van der Waals surface area (Å²) in [5.74, 6) is 3.37. The molecule has 16 aromatic rings. The fourth-order valence-corrected chi connectivity index (χ4v) is 16.2. The quantitative estimate of drug-likeness (QED) is 0.0219. The number of thiol groups is 1. The van der Waals surface area contributed by atoms with Gasteiger partial charge in [-0.2, -0.15) is 2.86 Å². The van der Waals surface area contributed by atoms with E-state index in [1.54, 1.807) is 92.6 Å². The highest BCUT2D eigenvalue weighted by Crippen LogP contribution is 2.38. The van der Waals surface area contributed by atoms with Crippen molar-refractivity contribution in [3.8, 4) is 57.1 Å². The molecular weight excluding hydrogens is 1860 g/mol. The smallest absolute Gasteiger partial charge is 0.291 e. The van der Waals surface area contributed by atoms with E-state index in [4.69, 9.17) is 33.5 Å². The number of nitrogens with zero attached hydrogens (tertiary/aromatic N) is 15. The number of carbonyl (C=O) groups is 2. The summed E-state index contributed by atoms with van der Waals surface area (Å²) < 4.78 is 50.0. The number of para-hydroxylation sites is 3. The van der Waals surface area contributed by atoms with Crippen molar-refractivity contribution in [1.82, 2.24) is 74.3 Å². The first-order chi connectivity index (χ1) is 60.5. The molecule has 0 saturated carbocycles. The number of nitrogens with two attached hydrogens (primary N) is 1. The van der Waals surface area contributed by atoms with Gasteiger partial charge in [0.2, 0.25) is 11.6 Å². The molecule has 2 aliphatic rings. The standard InChI is InChI=1S/C42H40N8O5.C32H36N8O2.C17H9NO3S2.FI.HIS/c1-27-20-34(35(21-28(27)2)44-42(52)40-24-36(51)33-6-4-5-7-37(33)55-40)41-45-47-50(46-41)32-10-8-29(9-11-32)12-15-48-16-13-30-22-38(53-3)39(23-31(30)25-48)54-19-18-49-17-14-43-26-49;1-22-16-28(29(33)17-23(22)2)32-35-37-40(36-32)27-6-4-24(5-7-27)8-11-38-12-9-25-18-30(41-3)31(19-26(25)20-38)42-15-14-39-13-10-34-21-39;19-12-9-14(21-13-7-3-1-5-10(12)13)16(20)23-17-18-11-6-2-4-8-15(11)22-17;2*1-2/h4-11,14,17,20-24,26H,12-13,15-16,18-19,25H2,1-3H3,(H,44,52);4-7,10,13,16-19,21H,8-9,11-12,14-15,20,33H2,1-3H3;1-9H;;2H. The largest absolute Gasteiger partial charge is 0.493 e. The number of nitrogens with one attached hydrogen (secondary N) is 1. The van der Waals surface area contributed by atoms with E-state index in [2.05, 4.69) is 126 Å². The minimum absolute atomic E-state index is 0.0398. The summed E-state index contributed by atoms with van der Waals surface area (Å²) in [5.41, 5.74) is 23.4. The number of imidazole rings is 2. The van der Waals surface area contributed by atoms with Crippen molar-refractivity contribution in [1.29, 1.82) is 0 Å². The number of nitrogen functional groups attached to an aromatic ring is 1. The summed E-state index contributed by atoms with van der Waals surface area (Å²) in [6.07, 6.45) is 14.8. The van der Waals surface area contributed by atoms with E-state index in [1.807, 2.05) is 136 Å². The van der Waals surface area contributed by atoms with Gasteiger partial charge in [0.1, 0.15) is 24.4 Å². The van der Waals surface area contributed by atoms with Crippen LogP contribution in [0, 0.1) is 27.7 Å². The average Bonchev–Trinajstić information content (AvgIpc) is 1.26. The highest BCUT2D eigenvalue weighted by molar-refractivity contribution is 14.2. The van der Waals surface area contributed by atoms with Gasteiger partial charge in [-0.05, 0) is 262 Å². The lowest BCUT2D eigenvalue weighted by Gasteiger charge is -2.29. The zero-order valence-electron chi connectivity index (χ0n) is 68.4. The molecule has 124 heavy (non-hydrogen) atoms. The van der Waals surface area contributed by atoms with E-state index in [1.165, 1.54) is 61.6 Å². The number of hydrogen-bond acceptors (Lipinski definition) is 25. The molecule has 0 bridgehead atoms. The van der Waals surface area contributed by atoms with Crippen LogP contribution in [0.3, 0.4) is 0 Å². The van der Waals surface area contributed by atoms with Crippen molar-refractivity contribution in [3.63, 3.8) is 0 Å². The number of hydrogen-bond donors (Lipinski definition) is 3. The van der Waals surface area contributed by atoms with Gasteiger partial charge in [0.15, 0.2) is 72.9 Å². The SMILES string of the molecule is COc1cc2c(cc1OCCn1ccnc1)CN(CCc1ccc(-n3nnc(-c4cc(C)c(C)cc4N)n3)cc1)CC2.COc1cc2c(cc1OCCn1ccnc1)CN(CCc1ccc(-n3nnc(-c4cc(C)c(C)cc4NC(=O)c4cc(=O)c5ccccc5o4)n3)cc1)CC2.FI.O=C(Sc1nc2ccccc2s1)c1cc(=O)c2ccccc2o1.SI. The molecule has 0 aliphatic carbocycles. The van der Waals surface area contributed by atoms with Gasteiger partial charge in [-0.25, -0.2) is 15.0 Å². The summed E-state index contributed by atoms with van der Waals surface area (Å²) >= 11 is 4.91. The van der Waals surface area contributed by atoms with Gasteiger partial charge in [-0.15, -0.1) is 51.1 Å². The Morgan fingerprint density at radius 3 is 1.54 bits per heavy atom. The van der Waals surface area contributed by atoms with Crippen LogP contribution in [0.15, 0.2) is 242 Å². The number of thiazole rings is 1. The number of carbonyl (C=O) groups excluding carboxylic acids is 2. The lowest BCUT2D eigenvalue weighted by Crippen LogP contribution is -2.32. The van der Waals surface area contributed by atoms with Crippen LogP contribution in [0.2, 0.25) is 0 Å². The molecule has 18 rings (SSSR count). The van der Waals surface area contributed by atoms with E-state index >= 15 is 0 Å². The third kappa shape index (κ3) is 21.8. The highest BCUT2D eigenvalue weighted by atomic mass is 127. The number of thioether (sulfide) groups is 1. The second kappa shape index (κ2) is 41.9. The van der Waals surface area contributed by atoms with E-state index in [9.17, 15) is 22.0 Å². The van der Waals surface area contributed by atoms with Gasteiger partial charge < -0.3 is 48.0 Å². The normalized spacial score (nSPS) is 12.3. The molecule has 0 spiro atoms. The minimum Gasteiger partial charge on any atom is -0.493 e. The number of amides is 1. The number of anilines is 2. The second-order valence-corrected chi connectivity index (χ2v) is 31.5. The van der Waals surface area contributed by atoms with E-state index in [-0.39, 0.29) is 27.5 Å². The monoisotopic (exact) mass is 1950 g/mol. The maximum absolute atomic E-state index is 13.3. The molecule has 27 nitrogen and oxygen atoms in total. The van der Waals surface area contributed by atoms with Crippen LogP contribution < -0.4 is 40.9 Å². The average molecular weight is 1950 g/mol. The summed E-state index contributed by atoms with van der Waals surface area (Å²) in [6, 6.07) is 56.6. The summed E-state index contributed by atoms with van der Waals surface area (Å²) in [4.78, 5) is 71.0. The second-order valence-electron chi connectivity index (χ2n) is 29.3. The van der Waals surface area contributed by atoms with E-state index in [0.717, 1.165) is 156 Å². The Labute approximate surface area is 753 Å². The third-order valence-corrected chi connectivity index (χ3v) is 23.2. The number of methoxy groups -OCH3 is 2. The van der Waals surface area contributed by atoms with Gasteiger partial charge in [0.25, 0.3) is 11.0 Å². The molecule has 7 aromatic heterocycles. The fraction of sp³-hybridized carbons (Fsp3) is 0.220. The van der Waals surface area contributed by atoms with Gasteiger partial charge >= 0.3 is 0 Å². The van der Waals surface area contributed by atoms with E-state index < -0.39 is 5.91 Å². The summed E-state index contributed by atoms with van der Waals surface area (Å²) in [5, 5.41) is 29.9. The number of aromatic nitrogens is 13. The Bertz CT molecular complexity index is 6500. The Hall–Kier alpha value is -12.0. The molecule has 9 heterocycles. The van der Waals surface area contributed by atoms with Gasteiger partial charge in [-0.1, -0.05) is 60.7 Å². The van der Waals surface area contributed by atoms with Crippen LogP contribution in [0.5, 0.6) is 23.0 Å². The molecule has 1 amide bonds. The van der Waals surface area contributed by atoms with Crippen molar-refractivity contribution in [3.05, 3.63) is 307 Å². The molecule has 33 heteroatoms. The van der Waals surface area contributed by atoms with Crippen molar-refractivity contribution in [2.45, 2.75) is 83.9 Å². The minimum atomic E-state index is -0.555. The van der Waals surface area contributed by atoms with E-state index in [0.29, 0.717) is 97.8 Å². The number of halogens is 3. The lowest BCUT2D eigenvalue weighted by atomic mass is 9.98. The molecule has 0 radical (unpaired) electrons. The molecule has 0 unspecified atom stereocenters. The van der Waals surface area contributed by atoms with Gasteiger partial charge in [0.05, 0.1) is 78.0 Å². The van der Waals surface area contributed by atoms with Crippen LogP contribution in [-0.4, -0.2) is 139 Å². The Morgan fingerprint density at radius 1 is 0.556 bits per heavy atom. The first kappa shape index (κ1) is 88.3. The molecule has 3 N–H and O–H groups in total. The number of aryl methyl sites for hydroxylation is 4. The summed E-state index contributed by atoms with van der Waals surface area (Å²) in [6.45, 7) is 16.2. The van der Waals surface area contributed by atoms with Gasteiger partial charge in [0, 0.05) is 93.0 Å². The predicted molar refractivity (Wildman–Crippen MR) is 500 cm³/mol.